The van der Waals surface area contributed by atoms with Crippen LogP contribution in [0, 0.1) is 0 Å². The molecule has 13 rings (SSSR count). The zero-order valence-electron chi connectivity index (χ0n) is 28.2. The van der Waals surface area contributed by atoms with Gasteiger partial charge < -0.3 is 4.40 Å². The number of para-hydroxylation sites is 2. The molecule has 0 aliphatic carbocycles. The van der Waals surface area contributed by atoms with Gasteiger partial charge in [-0.3, -0.25) is 4.57 Å². The molecule has 5 heteroatoms. The third-order valence-electron chi connectivity index (χ3n) is 11.4. The van der Waals surface area contributed by atoms with E-state index in [1.54, 1.807) is 11.3 Å². The second-order valence-electron chi connectivity index (χ2n) is 14.1. The third-order valence-corrected chi connectivity index (χ3v) is 12.6. The first-order chi connectivity index (χ1) is 26.3. The summed E-state index contributed by atoms with van der Waals surface area (Å²) in [4.78, 5) is 10.9. The molecule has 8 aromatic carbocycles. The van der Waals surface area contributed by atoms with E-state index in [2.05, 4.69) is 167 Å². The van der Waals surface area contributed by atoms with E-state index >= 15 is 0 Å². The summed E-state index contributed by atoms with van der Waals surface area (Å²) in [5.74, 6) is 1.64. The number of aromatic nitrogens is 4. The molecular weight excluding hydrogens is 665 g/mol. The average molecular weight is 691 g/mol. The zero-order valence-corrected chi connectivity index (χ0v) is 29.0. The largest absolute Gasteiger partial charge is 0.308 e. The fraction of sp³-hybridized carbons (Fsp3) is 0. The summed E-state index contributed by atoms with van der Waals surface area (Å²) < 4.78 is 7.24. The summed E-state index contributed by atoms with van der Waals surface area (Å²) in [6.45, 7) is 0. The van der Waals surface area contributed by atoms with Gasteiger partial charge in [0.25, 0.3) is 0 Å². The molecule has 0 amide bonds. The number of fused-ring (bicyclic) bond motifs is 16. The Labute approximate surface area is 305 Å². The lowest BCUT2D eigenvalue weighted by atomic mass is 10.00. The molecule has 4 nitrogen and oxygen atoms in total. The van der Waals surface area contributed by atoms with Crippen LogP contribution in [0.3, 0.4) is 0 Å². The van der Waals surface area contributed by atoms with Gasteiger partial charge in [-0.25, -0.2) is 9.97 Å². The molecule has 0 saturated heterocycles. The Morgan fingerprint density at radius 1 is 0.434 bits per heavy atom. The Hall–Kier alpha value is -6.82. The quantitative estimate of drug-likeness (QED) is 0.181. The van der Waals surface area contributed by atoms with Crippen molar-refractivity contribution in [3.05, 3.63) is 158 Å². The Balaban J connectivity index is 1.26. The van der Waals surface area contributed by atoms with Crippen LogP contribution in [0.15, 0.2) is 158 Å². The molecule has 0 saturated carbocycles. The molecule has 0 fully saturated rings. The molecule has 0 N–H and O–H groups in total. The van der Waals surface area contributed by atoms with Crippen LogP contribution in [-0.2, 0) is 0 Å². The van der Waals surface area contributed by atoms with Gasteiger partial charge in [0.1, 0.15) is 0 Å². The Morgan fingerprint density at radius 2 is 1.13 bits per heavy atom. The average Bonchev–Trinajstić information content (AvgIpc) is 3.96. The standard InChI is InChI=1S/C48H26N4S/c1-2-13-29-25-30(22-21-27(29)11-1)47-49-43-34-17-7-10-20-40(34)53-46(43)48(50-47)52-37-18-8-5-15-32(37)35-26-36-41-31-14-4-3-12-28(31)23-24-39(41)51-38-19-9-6-16-33(38)42(44(35)52)45(36)51/h1-26H. The van der Waals surface area contributed by atoms with Gasteiger partial charge in [0, 0.05) is 48.0 Å². The molecule has 0 bridgehead atoms. The van der Waals surface area contributed by atoms with E-state index in [0.29, 0.717) is 0 Å². The fourth-order valence-corrected chi connectivity index (χ4v) is 10.3. The van der Waals surface area contributed by atoms with Crippen molar-refractivity contribution < 1.29 is 0 Å². The molecule has 5 heterocycles. The van der Waals surface area contributed by atoms with Crippen molar-refractivity contribution in [2.45, 2.75) is 0 Å². The van der Waals surface area contributed by atoms with Gasteiger partial charge in [-0.15, -0.1) is 11.3 Å². The van der Waals surface area contributed by atoms with E-state index in [1.165, 1.54) is 80.6 Å². The molecule has 0 aliphatic rings. The fourth-order valence-electron chi connectivity index (χ4n) is 9.18. The second-order valence-corrected chi connectivity index (χ2v) is 15.2. The SMILES string of the molecule is c1ccc2cc(-c3nc(-n4c5ccccc5c5cc6c7c8ccccc8ccc7n7c8ccccc8c(c54)c67)c4sc5ccccc5c4n3)ccc2c1. The smallest absolute Gasteiger partial charge is 0.162 e. The first-order valence-electron chi connectivity index (χ1n) is 18.0. The van der Waals surface area contributed by atoms with Crippen molar-refractivity contribution in [2.24, 2.45) is 0 Å². The van der Waals surface area contributed by atoms with Gasteiger partial charge in [-0.05, 0) is 57.9 Å². The van der Waals surface area contributed by atoms with E-state index in [9.17, 15) is 0 Å². The van der Waals surface area contributed by atoms with Crippen molar-refractivity contribution in [1.29, 1.82) is 0 Å². The van der Waals surface area contributed by atoms with Gasteiger partial charge in [-0.2, -0.15) is 0 Å². The molecule has 244 valence electrons. The maximum atomic E-state index is 5.58. The highest BCUT2D eigenvalue weighted by molar-refractivity contribution is 7.26. The highest BCUT2D eigenvalue weighted by atomic mass is 32.1. The van der Waals surface area contributed by atoms with Crippen molar-refractivity contribution in [2.75, 3.05) is 0 Å². The highest BCUT2D eigenvalue weighted by Crippen LogP contribution is 2.49. The van der Waals surface area contributed by atoms with Crippen LogP contribution >= 0.6 is 11.3 Å². The Kier molecular flexibility index (Phi) is 5.22. The van der Waals surface area contributed by atoms with Crippen molar-refractivity contribution in [1.82, 2.24) is 18.9 Å². The van der Waals surface area contributed by atoms with Crippen molar-refractivity contribution in [3.63, 3.8) is 0 Å². The van der Waals surface area contributed by atoms with E-state index in [4.69, 9.17) is 9.97 Å². The monoisotopic (exact) mass is 690 g/mol. The molecule has 53 heavy (non-hydrogen) atoms. The third kappa shape index (κ3) is 3.54. The Bertz CT molecular complexity index is 3700. The lowest BCUT2D eigenvalue weighted by Crippen LogP contribution is -2.01. The van der Waals surface area contributed by atoms with Crippen LogP contribution in [0.2, 0.25) is 0 Å². The molecule has 13 aromatic rings. The lowest BCUT2D eigenvalue weighted by Gasteiger charge is -2.12. The summed E-state index contributed by atoms with van der Waals surface area (Å²) in [5, 5.41) is 13.6. The topological polar surface area (TPSA) is 35.1 Å². The minimum Gasteiger partial charge on any atom is -0.308 e. The summed E-state index contributed by atoms with van der Waals surface area (Å²) in [5.41, 5.74) is 8.02. The number of hydrogen-bond donors (Lipinski definition) is 0. The lowest BCUT2D eigenvalue weighted by molar-refractivity contribution is 1.09. The van der Waals surface area contributed by atoms with Crippen molar-refractivity contribution in [3.8, 4) is 17.2 Å². The predicted molar refractivity (Wildman–Crippen MR) is 224 cm³/mol. The van der Waals surface area contributed by atoms with E-state index in [0.717, 1.165) is 38.3 Å². The molecule has 0 spiro atoms. The van der Waals surface area contributed by atoms with Crippen LogP contribution in [0.4, 0.5) is 0 Å². The maximum Gasteiger partial charge on any atom is 0.162 e. The van der Waals surface area contributed by atoms with Crippen LogP contribution in [0.5, 0.6) is 0 Å². The van der Waals surface area contributed by atoms with Gasteiger partial charge in [0.15, 0.2) is 11.6 Å². The van der Waals surface area contributed by atoms with E-state index in [-0.39, 0.29) is 0 Å². The van der Waals surface area contributed by atoms with Crippen LogP contribution < -0.4 is 0 Å². The minimum atomic E-state index is 0.728. The number of nitrogens with zero attached hydrogens (tertiary/aromatic N) is 4. The normalized spacial score (nSPS) is 12.5. The number of thiophene rings is 1. The predicted octanol–water partition coefficient (Wildman–Crippen LogP) is 13.1. The van der Waals surface area contributed by atoms with Gasteiger partial charge >= 0.3 is 0 Å². The van der Waals surface area contributed by atoms with Gasteiger partial charge in [0.05, 0.1) is 37.8 Å². The summed E-state index contributed by atoms with van der Waals surface area (Å²) in [7, 11) is 0. The number of rotatable bonds is 2. The van der Waals surface area contributed by atoms with Crippen molar-refractivity contribution >= 4 is 113 Å². The molecule has 0 atom stereocenters. The first kappa shape index (κ1) is 27.8. The molecule has 0 radical (unpaired) electrons. The number of benzene rings is 8. The van der Waals surface area contributed by atoms with Gasteiger partial charge in [0.2, 0.25) is 0 Å². The summed E-state index contributed by atoms with van der Waals surface area (Å²) in [6.07, 6.45) is 0. The molecular formula is C48H26N4S. The van der Waals surface area contributed by atoms with Gasteiger partial charge in [-0.1, -0.05) is 121 Å². The number of hydrogen-bond acceptors (Lipinski definition) is 3. The second kappa shape index (κ2) is 9.94. The Morgan fingerprint density at radius 3 is 2.02 bits per heavy atom. The highest BCUT2D eigenvalue weighted by Gasteiger charge is 2.27. The van der Waals surface area contributed by atoms with Crippen LogP contribution in [0.1, 0.15) is 0 Å². The van der Waals surface area contributed by atoms with E-state index in [1.807, 2.05) is 0 Å². The van der Waals surface area contributed by atoms with Crippen LogP contribution in [-0.4, -0.2) is 18.9 Å². The van der Waals surface area contributed by atoms with E-state index < -0.39 is 0 Å². The summed E-state index contributed by atoms with van der Waals surface area (Å²) >= 11 is 1.78. The minimum absolute atomic E-state index is 0.728. The summed E-state index contributed by atoms with van der Waals surface area (Å²) in [6, 6.07) is 57.3. The maximum absolute atomic E-state index is 5.58. The molecule has 0 aliphatic heterocycles. The molecule has 5 aromatic heterocycles. The molecule has 0 unspecified atom stereocenters. The van der Waals surface area contributed by atoms with Crippen LogP contribution in [0.25, 0.3) is 119 Å². The first-order valence-corrected chi connectivity index (χ1v) is 18.8. The zero-order chi connectivity index (χ0) is 34.4.